The Morgan fingerprint density at radius 2 is 1.88 bits per heavy atom. The maximum absolute atomic E-state index is 15.0. The summed E-state index contributed by atoms with van der Waals surface area (Å²) in [6.07, 6.45) is -1.76. The number of nitrogens with zero attached hydrogens (tertiary/aromatic N) is 5. The number of alkyl halides is 3. The van der Waals surface area contributed by atoms with Gasteiger partial charge in [0, 0.05) is 18.7 Å². The second-order valence-electron chi connectivity index (χ2n) is 7.66. The van der Waals surface area contributed by atoms with E-state index < -0.39 is 46.0 Å². The third-order valence-corrected chi connectivity index (χ3v) is 5.60. The van der Waals surface area contributed by atoms with E-state index in [-0.39, 0.29) is 18.1 Å². The van der Waals surface area contributed by atoms with Crippen LogP contribution in [0.5, 0.6) is 5.75 Å². The summed E-state index contributed by atoms with van der Waals surface area (Å²) in [5.74, 6) is -2.71. The Labute approximate surface area is 190 Å². The fraction of sp³-hybridized carbons (Fsp3) is 0.450. The molecular weight excluding hydrogens is 471 g/mol. The Kier molecular flexibility index (Phi) is 6.57. The van der Waals surface area contributed by atoms with Crippen molar-refractivity contribution in [2.45, 2.75) is 32.0 Å². The Morgan fingerprint density at radius 1 is 1.18 bits per heavy atom. The molecule has 1 aromatic carbocycles. The van der Waals surface area contributed by atoms with Crippen LogP contribution in [-0.4, -0.2) is 62.9 Å². The molecule has 1 aliphatic rings. The Bertz CT molecular complexity index is 1130. The zero-order chi connectivity index (χ0) is 23.8. The van der Waals surface area contributed by atoms with Gasteiger partial charge in [0.25, 0.3) is 5.78 Å². The van der Waals surface area contributed by atoms with E-state index in [0.29, 0.717) is 6.42 Å². The van der Waals surface area contributed by atoms with Crippen molar-refractivity contribution < 1.29 is 26.7 Å². The molecule has 0 unspecified atom stereocenters. The van der Waals surface area contributed by atoms with Gasteiger partial charge in [-0.3, -0.25) is 0 Å². The highest BCUT2D eigenvalue weighted by molar-refractivity contribution is 6.33. The molecule has 1 saturated heterocycles. The number of likely N-dealkylation sites (tertiary alicyclic amines) is 1. The molecule has 0 saturated carbocycles. The van der Waals surface area contributed by atoms with Gasteiger partial charge in [-0.15, -0.1) is 0 Å². The van der Waals surface area contributed by atoms with Crippen molar-refractivity contribution >= 4 is 23.2 Å². The zero-order valence-corrected chi connectivity index (χ0v) is 18.2. The van der Waals surface area contributed by atoms with Crippen LogP contribution < -0.4 is 10.1 Å². The lowest BCUT2D eigenvalue weighted by Crippen LogP contribution is -2.38. The van der Waals surface area contributed by atoms with Crippen molar-refractivity contribution in [2.75, 3.05) is 31.6 Å². The van der Waals surface area contributed by atoms with Crippen LogP contribution in [0.15, 0.2) is 18.5 Å². The van der Waals surface area contributed by atoms with Gasteiger partial charge < -0.3 is 15.0 Å². The van der Waals surface area contributed by atoms with E-state index in [4.69, 9.17) is 16.3 Å². The lowest BCUT2D eigenvalue weighted by Gasteiger charge is -2.30. The van der Waals surface area contributed by atoms with E-state index in [9.17, 15) is 13.2 Å². The number of ether oxygens (including phenoxy) is 1. The van der Waals surface area contributed by atoms with Crippen LogP contribution in [0, 0.1) is 11.6 Å². The van der Waals surface area contributed by atoms with Crippen LogP contribution in [-0.2, 0) is 0 Å². The normalized spacial score (nSPS) is 15.5. The minimum atomic E-state index is -4.65. The van der Waals surface area contributed by atoms with Crippen LogP contribution in [0.2, 0.25) is 5.15 Å². The van der Waals surface area contributed by atoms with Crippen molar-refractivity contribution in [1.29, 1.82) is 0 Å². The summed E-state index contributed by atoms with van der Waals surface area (Å²) in [4.78, 5) is 9.93. The number of anilines is 1. The highest BCUT2D eigenvalue weighted by Gasteiger charge is 2.37. The number of hydrogen-bond acceptors (Lipinski definition) is 6. The van der Waals surface area contributed by atoms with Crippen LogP contribution in [0.4, 0.5) is 27.8 Å². The van der Waals surface area contributed by atoms with Gasteiger partial charge in [-0.2, -0.15) is 32.8 Å². The van der Waals surface area contributed by atoms with Gasteiger partial charge >= 0.3 is 6.18 Å². The van der Waals surface area contributed by atoms with E-state index in [0.717, 1.165) is 56.0 Å². The first kappa shape index (κ1) is 23.4. The van der Waals surface area contributed by atoms with E-state index >= 15 is 8.78 Å². The van der Waals surface area contributed by atoms with Crippen molar-refractivity contribution in [3.63, 3.8) is 0 Å². The monoisotopic (exact) mass is 490 g/mol. The number of benzene rings is 1. The number of nitrogens with one attached hydrogen (secondary N) is 1. The first-order valence-electron chi connectivity index (χ1n) is 10.2. The maximum atomic E-state index is 15.0. The molecule has 1 aliphatic heterocycles. The summed E-state index contributed by atoms with van der Waals surface area (Å²) >= 11 is 6.15. The van der Waals surface area contributed by atoms with Crippen LogP contribution in [0.3, 0.4) is 0 Å². The molecule has 0 bridgehead atoms. The molecule has 4 rings (SSSR count). The number of rotatable bonds is 8. The summed E-state index contributed by atoms with van der Waals surface area (Å²) < 4.78 is 76.1. The topological polar surface area (TPSA) is 67.6 Å². The molecule has 0 radical (unpaired) electrons. The number of hydrogen-bond donors (Lipinski definition) is 1. The molecule has 3 heterocycles. The third kappa shape index (κ3) is 4.96. The number of aromatic nitrogens is 4. The molecule has 1 atom stereocenters. The second-order valence-corrected chi connectivity index (χ2v) is 8.02. The van der Waals surface area contributed by atoms with Gasteiger partial charge in [-0.25, -0.2) is 8.78 Å². The van der Waals surface area contributed by atoms with Crippen LogP contribution >= 0.6 is 11.6 Å². The smallest absolute Gasteiger partial charge is 0.408 e. The van der Waals surface area contributed by atoms with Gasteiger partial charge in [0.05, 0.1) is 17.7 Å². The molecule has 0 spiro atoms. The van der Waals surface area contributed by atoms with Gasteiger partial charge in [0.15, 0.2) is 0 Å². The molecule has 3 aromatic rings. The summed E-state index contributed by atoms with van der Waals surface area (Å²) in [5.41, 5.74) is -1.07. The highest BCUT2D eigenvalue weighted by Crippen LogP contribution is 2.39. The fourth-order valence-corrected chi connectivity index (χ4v) is 3.67. The number of halogens is 6. The second kappa shape index (κ2) is 9.26. The first-order chi connectivity index (χ1) is 15.6. The minimum absolute atomic E-state index is 0.0403. The average molecular weight is 491 g/mol. The molecule has 13 heteroatoms. The summed E-state index contributed by atoms with van der Waals surface area (Å²) in [6, 6.07) is -0.163. The zero-order valence-electron chi connectivity index (χ0n) is 17.5. The SMILES string of the molecule is C[C@H](Nc1c(-c2c(F)cc(OCCCN3CCC3)cc2F)c(Cl)nc2ncnn12)C(F)(F)F. The predicted octanol–water partition coefficient (Wildman–Crippen LogP) is 4.56. The molecule has 0 amide bonds. The molecule has 7 nitrogen and oxygen atoms in total. The van der Waals surface area contributed by atoms with Gasteiger partial charge in [-0.05, 0) is 32.9 Å². The molecular formula is C20H20ClF5N6O. The minimum Gasteiger partial charge on any atom is -0.493 e. The molecule has 0 aliphatic carbocycles. The Hall–Kier alpha value is -2.73. The van der Waals surface area contributed by atoms with Crippen molar-refractivity contribution in [3.05, 3.63) is 35.2 Å². The number of fused-ring (bicyclic) bond motifs is 1. The standard InChI is InChI=1S/C20H20ClF5N6O/c1-11(20(24,25)26)29-18-16(17(21)30-19-27-10-28-32(18)19)15-13(22)8-12(9-14(15)23)33-7-3-6-31-4-2-5-31/h8-11,29H,2-7H2,1H3/t11-/m0/s1. The van der Waals surface area contributed by atoms with Crippen molar-refractivity contribution in [3.8, 4) is 16.9 Å². The summed E-state index contributed by atoms with van der Waals surface area (Å²) in [7, 11) is 0. The van der Waals surface area contributed by atoms with E-state index in [1.807, 2.05) is 0 Å². The quantitative estimate of drug-likeness (QED) is 0.284. The molecule has 178 valence electrons. The lowest BCUT2D eigenvalue weighted by atomic mass is 10.1. The highest BCUT2D eigenvalue weighted by atomic mass is 35.5. The third-order valence-electron chi connectivity index (χ3n) is 5.33. The first-order valence-corrected chi connectivity index (χ1v) is 10.6. The van der Waals surface area contributed by atoms with Crippen molar-refractivity contribution in [2.24, 2.45) is 0 Å². The molecule has 1 fully saturated rings. The molecule has 1 N–H and O–H groups in total. The van der Waals surface area contributed by atoms with Crippen LogP contribution in [0.1, 0.15) is 19.8 Å². The largest absolute Gasteiger partial charge is 0.493 e. The Morgan fingerprint density at radius 3 is 2.48 bits per heavy atom. The van der Waals surface area contributed by atoms with Crippen LogP contribution in [0.25, 0.3) is 16.9 Å². The Balaban J connectivity index is 1.67. The van der Waals surface area contributed by atoms with Gasteiger partial charge in [0.1, 0.15) is 40.7 Å². The predicted molar refractivity (Wildman–Crippen MR) is 111 cm³/mol. The van der Waals surface area contributed by atoms with Crippen molar-refractivity contribution in [1.82, 2.24) is 24.5 Å². The lowest BCUT2D eigenvalue weighted by molar-refractivity contribution is -0.138. The maximum Gasteiger partial charge on any atom is 0.408 e. The molecule has 2 aromatic heterocycles. The summed E-state index contributed by atoms with van der Waals surface area (Å²) in [6.45, 7) is 4.01. The molecule has 33 heavy (non-hydrogen) atoms. The average Bonchev–Trinajstić information content (AvgIpc) is 3.15. The van der Waals surface area contributed by atoms with Gasteiger partial charge in [0.2, 0.25) is 0 Å². The fourth-order valence-electron chi connectivity index (χ4n) is 3.41. The van der Waals surface area contributed by atoms with E-state index in [1.165, 1.54) is 0 Å². The van der Waals surface area contributed by atoms with Gasteiger partial charge in [-0.1, -0.05) is 11.6 Å². The summed E-state index contributed by atoms with van der Waals surface area (Å²) in [5, 5.41) is 5.57. The van der Waals surface area contributed by atoms with E-state index in [1.54, 1.807) is 0 Å². The van der Waals surface area contributed by atoms with E-state index in [2.05, 4.69) is 25.3 Å².